The fourth-order valence-corrected chi connectivity index (χ4v) is 3.40. The van der Waals surface area contributed by atoms with Crippen molar-refractivity contribution in [3.8, 4) is 0 Å². The van der Waals surface area contributed by atoms with E-state index in [2.05, 4.69) is 23.3 Å². The molecule has 0 spiro atoms. The molecule has 17 heavy (non-hydrogen) atoms. The molecule has 2 aliphatic rings. The predicted molar refractivity (Wildman–Crippen MR) is 67.9 cm³/mol. The van der Waals surface area contributed by atoms with Crippen molar-refractivity contribution in [2.45, 2.75) is 57.3 Å². The first kappa shape index (κ1) is 11.3. The van der Waals surface area contributed by atoms with E-state index in [4.69, 9.17) is 4.42 Å². The quantitative estimate of drug-likeness (QED) is 0.870. The molecule has 3 rings (SSSR count). The number of nitrogens with zero attached hydrogens (tertiary/aromatic N) is 1. The van der Waals surface area contributed by atoms with E-state index in [-0.39, 0.29) is 0 Å². The van der Waals surface area contributed by atoms with Crippen molar-refractivity contribution in [3.63, 3.8) is 0 Å². The second-order valence-corrected chi connectivity index (χ2v) is 5.61. The Kier molecular flexibility index (Phi) is 2.97. The summed E-state index contributed by atoms with van der Waals surface area (Å²) >= 11 is 0. The highest BCUT2D eigenvalue weighted by molar-refractivity contribution is 5.05. The molecule has 0 saturated carbocycles. The molecule has 0 aliphatic carbocycles. The Morgan fingerprint density at radius 3 is 2.59 bits per heavy atom. The molecule has 94 valence electrons. The zero-order valence-electron chi connectivity index (χ0n) is 10.8. The average molecular weight is 234 g/mol. The van der Waals surface area contributed by atoms with Gasteiger partial charge in [0.15, 0.2) is 0 Å². The lowest BCUT2D eigenvalue weighted by Gasteiger charge is -2.36. The second-order valence-electron chi connectivity index (χ2n) is 5.61. The zero-order valence-corrected chi connectivity index (χ0v) is 10.8. The number of nitrogens with one attached hydrogen (secondary N) is 1. The van der Waals surface area contributed by atoms with E-state index >= 15 is 0 Å². The Labute approximate surface area is 103 Å². The van der Waals surface area contributed by atoms with Crippen molar-refractivity contribution in [2.24, 2.45) is 0 Å². The molecule has 0 aromatic carbocycles. The number of rotatable bonds is 3. The van der Waals surface area contributed by atoms with Gasteiger partial charge >= 0.3 is 0 Å². The summed E-state index contributed by atoms with van der Waals surface area (Å²) in [6, 6.07) is 6.41. The van der Waals surface area contributed by atoms with E-state index in [0.717, 1.165) is 30.1 Å². The van der Waals surface area contributed by atoms with Crippen LogP contribution in [0.4, 0.5) is 0 Å². The number of hydrogen-bond acceptors (Lipinski definition) is 3. The highest BCUT2D eigenvalue weighted by Crippen LogP contribution is 2.34. The van der Waals surface area contributed by atoms with Crippen molar-refractivity contribution in [3.05, 3.63) is 23.7 Å². The fourth-order valence-electron chi connectivity index (χ4n) is 3.40. The maximum Gasteiger partial charge on any atom is 0.117 e. The van der Waals surface area contributed by atoms with Gasteiger partial charge in [-0.2, -0.15) is 0 Å². The van der Waals surface area contributed by atoms with Crippen LogP contribution >= 0.6 is 0 Å². The van der Waals surface area contributed by atoms with E-state index in [1.165, 1.54) is 25.7 Å². The maximum absolute atomic E-state index is 5.59. The molecule has 2 aliphatic heterocycles. The third-order valence-corrected chi connectivity index (χ3v) is 4.46. The number of fused-ring (bicyclic) bond motifs is 2. The Hall–Kier alpha value is -0.800. The molecule has 0 radical (unpaired) electrons. The standard InChI is InChI=1S/C14H22N2O/c1-10-3-6-14(17-10)9-15-11-7-12-4-5-13(8-11)16(12)2/h3,6,11-13,15H,4-5,7-9H2,1-2H3. The van der Waals surface area contributed by atoms with E-state index < -0.39 is 0 Å². The second kappa shape index (κ2) is 4.46. The van der Waals surface area contributed by atoms with Gasteiger partial charge in [-0.3, -0.25) is 0 Å². The lowest BCUT2D eigenvalue weighted by atomic mass is 9.98. The largest absolute Gasteiger partial charge is 0.465 e. The Morgan fingerprint density at radius 1 is 1.29 bits per heavy atom. The van der Waals surface area contributed by atoms with E-state index in [1.807, 2.05) is 13.0 Å². The summed E-state index contributed by atoms with van der Waals surface area (Å²) in [5.41, 5.74) is 0. The Balaban J connectivity index is 1.54. The lowest BCUT2D eigenvalue weighted by molar-refractivity contribution is 0.147. The van der Waals surface area contributed by atoms with Crippen LogP contribution in [0.25, 0.3) is 0 Å². The van der Waals surface area contributed by atoms with Crippen molar-refractivity contribution < 1.29 is 4.42 Å². The van der Waals surface area contributed by atoms with Crippen LogP contribution in [-0.2, 0) is 6.54 Å². The summed E-state index contributed by atoms with van der Waals surface area (Å²) in [4.78, 5) is 2.58. The van der Waals surface area contributed by atoms with Crippen LogP contribution in [0.5, 0.6) is 0 Å². The molecular formula is C14H22N2O. The van der Waals surface area contributed by atoms with Gasteiger partial charge in [0, 0.05) is 18.1 Å². The summed E-state index contributed by atoms with van der Waals surface area (Å²) in [6.45, 7) is 2.88. The number of aryl methyl sites for hydroxylation is 1. The van der Waals surface area contributed by atoms with Crippen LogP contribution in [-0.4, -0.2) is 30.1 Å². The molecule has 2 atom stereocenters. The van der Waals surface area contributed by atoms with Crippen LogP contribution in [0, 0.1) is 6.92 Å². The van der Waals surface area contributed by atoms with E-state index in [1.54, 1.807) is 0 Å². The average Bonchev–Trinajstić information content (AvgIpc) is 2.78. The van der Waals surface area contributed by atoms with Crippen molar-refractivity contribution in [1.29, 1.82) is 0 Å². The number of hydrogen-bond donors (Lipinski definition) is 1. The molecule has 1 aromatic rings. The fraction of sp³-hybridized carbons (Fsp3) is 0.714. The van der Waals surface area contributed by atoms with E-state index in [0.29, 0.717) is 6.04 Å². The minimum atomic E-state index is 0.675. The van der Waals surface area contributed by atoms with Crippen LogP contribution in [0.2, 0.25) is 0 Å². The maximum atomic E-state index is 5.59. The smallest absolute Gasteiger partial charge is 0.117 e. The van der Waals surface area contributed by atoms with Gasteiger partial charge in [-0.15, -0.1) is 0 Å². The van der Waals surface area contributed by atoms with Crippen molar-refractivity contribution >= 4 is 0 Å². The van der Waals surface area contributed by atoms with Gasteiger partial charge in [0.25, 0.3) is 0 Å². The van der Waals surface area contributed by atoms with Gasteiger partial charge in [-0.1, -0.05) is 0 Å². The molecule has 0 amide bonds. The summed E-state index contributed by atoms with van der Waals surface area (Å²) in [6.07, 6.45) is 5.37. The van der Waals surface area contributed by atoms with Crippen LogP contribution < -0.4 is 5.32 Å². The predicted octanol–water partition coefficient (Wildman–Crippen LogP) is 2.30. The highest BCUT2D eigenvalue weighted by Gasteiger charge is 2.38. The molecule has 2 fully saturated rings. The van der Waals surface area contributed by atoms with E-state index in [9.17, 15) is 0 Å². The minimum Gasteiger partial charge on any atom is -0.465 e. The topological polar surface area (TPSA) is 28.4 Å². The minimum absolute atomic E-state index is 0.675. The summed E-state index contributed by atoms with van der Waals surface area (Å²) < 4.78 is 5.59. The molecule has 3 heterocycles. The Bertz CT molecular complexity index is 373. The number of piperidine rings is 1. The molecule has 1 aromatic heterocycles. The monoisotopic (exact) mass is 234 g/mol. The van der Waals surface area contributed by atoms with Crippen molar-refractivity contribution in [2.75, 3.05) is 7.05 Å². The molecule has 2 bridgehead atoms. The molecule has 3 heteroatoms. The van der Waals surface area contributed by atoms with Gasteiger partial charge < -0.3 is 14.6 Å². The first-order chi connectivity index (χ1) is 8.22. The first-order valence-electron chi connectivity index (χ1n) is 6.73. The SMILES string of the molecule is Cc1ccc(CNC2CC3CCC(C2)N3C)o1. The summed E-state index contributed by atoms with van der Waals surface area (Å²) in [5, 5.41) is 3.65. The van der Waals surface area contributed by atoms with Gasteiger partial charge in [0.05, 0.1) is 6.54 Å². The molecule has 2 saturated heterocycles. The molecular weight excluding hydrogens is 212 g/mol. The van der Waals surface area contributed by atoms with Gasteiger partial charge in [0.1, 0.15) is 11.5 Å². The highest BCUT2D eigenvalue weighted by atomic mass is 16.3. The molecule has 2 unspecified atom stereocenters. The third kappa shape index (κ3) is 2.26. The van der Waals surface area contributed by atoms with Crippen LogP contribution in [0.1, 0.15) is 37.2 Å². The van der Waals surface area contributed by atoms with Gasteiger partial charge in [-0.25, -0.2) is 0 Å². The lowest BCUT2D eigenvalue weighted by Crippen LogP contribution is -2.46. The summed E-state index contributed by atoms with van der Waals surface area (Å²) in [5.74, 6) is 2.07. The van der Waals surface area contributed by atoms with Crippen molar-refractivity contribution in [1.82, 2.24) is 10.2 Å². The molecule has 3 nitrogen and oxygen atoms in total. The third-order valence-electron chi connectivity index (χ3n) is 4.46. The molecule has 1 N–H and O–H groups in total. The summed E-state index contributed by atoms with van der Waals surface area (Å²) in [7, 11) is 2.29. The first-order valence-corrected chi connectivity index (χ1v) is 6.73. The van der Waals surface area contributed by atoms with Crippen LogP contribution in [0.15, 0.2) is 16.5 Å². The van der Waals surface area contributed by atoms with Gasteiger partial charge in [-0.05, 0) is 51.8 Å². The Morgan fingerprint density at radius 2 is 2.00 bits per heavy atom. The number of furan rings is 1. The zero-order chi connectivity index (χ0) is 11.8. The van der Waals surface area contributed by atoms with Gasteiger partial charge in [0.2, 0.25) is 0 Å². The normalized spacial score (nSPS) is 33.2. The van der Waals surface area contributed by atoms with Crippen LogP contribution in [0.3, 0.4) is 0 Å².